The Balaban J connectivity index is 1.89. The van der Waals surface area contributed by atoms with Gasteiger partial charge >= 0.3 is 0 Å². The van der Waals surface area contributed by atoms with Gasteiger partial charge < -0.3 is 14.6 Å². The highest BCUT2D eigenvalue weighted by Crippen LogP contribution is 2.37. The predicted molar refractivity (Wildman–Crippen MR) is 102 cm³/mol. The van der Waals surface area contributed by atoms with E-state index in [1.54, 1.807) is 12.1 Å². The van der Waals surface area contributed by atoms with Crippen molar-refractivity contribution in [1.29, 1.82) is 0 Å². The van der Waals surface area contributed by atoms with Crippen molar-refractivity contribution in [3.8, 4) is 0 Å². The van der Waals surface area contributed by atoms with Gasteiger partial charge in [0.1, 0.15) is 11.4 Å². The summed E-state index contributed by atoms with van der Waals surface area (Å²) in [6.45, 7) is 2.66. The minimum atomic E-state index is -0.550. The molecular weight excluding hydrogens is 363 g/mol. The first kappa shape index (κ1) is 19.9. The summed E-state index contributed by atoms with van der Waals surface area (Å²) in [5, 5.41) is 2.43. The van der Waals surface area contributed by atoms with Crippen LogP contribution in [0.5, 0.6) is 0 Å². The van der Waals surface area contributed by atoms with E-state index in [0.717, 1.165) is 6.42 Å². The van der Waals surface area contributed by atoms with Gasteiger partial charge in [0, 0.05) is 31.8 Å². The zero-order valence-corrected chi connectivity index (χ0v) is 15.9. The fraction of sp³-hybridized carbons (Fsp3) is 0.381. The fourth-order valence-corrected chi connectivity index (χ4v) is 3.20. The Kier molecular flexibility index (Phi) is 6.04. The average Bonchev–Trinajstić information content (AvgIpc) is 3.42. The van der Waals surface area contributed by atoms with Gasteiger partial charge in [-0.15, -0.1) is 0 Å². The van der Waals surface area contributed by atoms with E-state index in [0.29, 0.717) is 24.2 Å². The highest BCUT2D eigenvalue weighted by atomic mass is 19.1. The van der Waals surface area contributed by atoms with Gasteiger partial charge in [-0.25, -0.2) is 4.39 Å². The van der Waals surface area contributed by atoms with Crippen LogP contribution in [0.3, 0.4) is 0 Å². The Morgan fingerprint density at radius 1 is 1.29 bits per heavy atom. The number of hydrogen-bond acceptors (Lipinski definition) is 4. The largest absolute Gasteiger partial charge is 0.378 e. The minimum Gasteiger partial charge on any atom is -0.378 e. The summed E-state index contributed by atoms with van der Waals surface area (Å²) in [7, 11) is 1.43. The van der Waals surface area contributed by atoms with Crippen LogP contribution < -0.4 is 10.9 Å². The van der Waals surface area contributed by atoms with Gasteiger partial charge in [-0.3, -0.25) is 14.4 Å². The molecule has 0 saturated heterocycles. The Labute approximate surface area is 162 Å². The molecule has 148 valence electrons. The number of carbonyl (C=O) groups is 2. The van der Waals surface area contributed by atoms with Crippen LogP contribution in [0.1, 0.15) is 46.0 Å². The molecule has 28 heavy (non-hydrogen) atoms. The molecule has 1 saturated carbocycles. The van der Waals surface area contributed by atoms with Crippen LogP contribution in [-0.2, 0) is 11.3 Å². The molecule has 0 radical (unpaired) electrons. The van der Waals surface area contributed by atoms with Crippen LogP contribution in [0.2, 0.25) is 0 Å². The van der Waals surface area contributed by atoms with Crippen molar-refractivity contribution < 1.29 is 18.7 Å². The quantitative estimate of drug-likeness (QED) is 0.707. The lowest BCUT2D eigenvalue weighted by atomic mass is 10.0. The first-order valence-electron chi connectivity index (χ1n) is 9.28. The van der Waals surface area contributed by atoms with E-state index in [2.05, 4.69) is 5.32 Å². The van der Waals surface area contributed by atoms with Crippen LogP contribution in [0.4, 0.5) is 4.39 Å². The smallest absolute Gasteiger partial charge is 0.263 e. The molecule has 1 aliphatic carbocycles. The lowest BCUT2D eigenvalue weighted by molar-refractivity contribution is 0.0931. The summed E-state index contributed by atoms with van der Waals surface area (Å²) in [6.07, 6.45) is 2.74. The molecular formula is C21H23FN2O4. The van der Waals surface area contributed by atoms with Crippen LogP contribution in [0.25, 0.3) is 0 Å². The van der Waals surface area contributed by atoms with Gasteiger partial charge in [0.2, 0.25) is 0 Å². The van der Waals surface area contributed by atoms with E-state index in [9.17, 15) is 18.8 Å². The molecule has 0 bridgehead atoms. The number of ketones is 1. The highest BCUT2D eigenvalue weighted by Gasteiger charge is 2.39. The van der Waals surface area contributed by atoms with Crippen molar-refractivity contribution in [1.82, 2.24) is 9.88 Å². The standard InChI is InChI=1S/C21H23FN2O4/c1-3-28-19-10-14(19)9-18(25)15-8-17(20(26)23-2)21(27)24(12-15)11-13-4-6-16(22)7-5-13/h4-8,12,14,19H,3,9-11H2,1-2H3,(H,23,26). The molecule has 1 aromatic heterocycles. The van der Waals surface area contributed by atoms with Gasteiger partial charge in [-0.2, -0.15) is 0 Å². The molecule has 0 aliphatic heterocycles. The Bertz CT molecular complexity index is 936. The molecule has 2 unspecified atom stereocenters. The number of nitrogens with zero attached hydrogens (tertiary/aromatic N) is 1. The lowest BCUT2D eigenvalue weighted by Gasteiger charge is -2.11. The third kappa shape index (κ3) is 4.54. The molecule has 1 aliphatic rings. The second-order valence-corrected chi connectivity index (χ2v) is 6.90. The second kappa shape index (κ2) is 8.48. The topological polar surface area (TPSA) is 77.4 Å². The number of nitrogens with one attached hydrogen (secondary N) is 1. The number of benzene rings is 1. The predicted octanol–water partition coefficient (Wildman–Crippen LogP) is 2.39. The molecule has 0 spiro atoms. The maximum absolute atomic E-state index is 13.1. The van der Waals surface area contributed by atoms with Gasteiger partial charge in [-0.05, 0) is 43.0 Å². The van der Waals surface area contributed by atoms with Crippen molar-refractivity contribution in [2.45, 2.75) is 32.4 Å². The fourth-order valence-electron chi connectivity index (χ4n) is 3.20. The summed E-state index contributed by atoms with van der Waals surface area (Å²) in [5.74, 6) is -0.885. The Morgan fingerprint density at radius 2 is 2.00 bits per heavy atom. The summed E-state index contributed by atoms with van der Waals surface area (Å²) in [6, 6.07) is 7.08. The van der Waals surface area contributed by atoms with Gasteiger partial charge in [0.25, 0.3) is 11.5 Å². The molecule has 1 N–H and O–H groups in total. The highest BCUT2D eigenvalue weighted by molar-refractivity contribution is 6.00. The zero-order valence-electron chi connectivity index (χ0n) is 15.9. The van der Waals surface area contributed by atoms with Crippen molar-refractivity contribution in [3.63, 3.8) is 0 Å². The summed E-state index contributed by atoms with van der Waals surface area (Å²) >= 11 is 0. The number of halogens is 1. The summed E-state index contributed by atoms with van der Waals surface area (Å²) < 4.78 is 20.0. The molecule has 1 fully saturated rings. The molecule has 1 aromatic carbocycles. The van der Waals surface area contributed by atoms with Crippen LogP contribution in [0.15, 0.2) is 41.3 Å². The van der Waals surface area contributed by atoms with Gasteiger partial charge in [0.15, 0.2) is 5.78 Å². The van der Waals surface area contributed by atoms with Crippen molar-refractivity contribution >= 4 is 11.7 Å². The Hall–Kier alpha value is -2.80. The van der Waals surface area contributed by atoms with Crippen molar-refractivity contribution in [2.24, 2.45) is 5.92 Å². The van der Waals surface area contributed by atoms with Crippen LogP contribution in [0, 0.1) is 11.7 Å². The number of carbonyl (C=O) groups excluding carboxylic acids is 2. The second-order valence-electron chi connectivity index (χ2n) is 6.90. The van der Waals surface area contributed by atoms with E-state index < -0.39 is 11.5 Å². The van der Waals surface area contributed by atoms with E-state index >= 15 is 0 Å². The summed E-state index contributed by atoms with van der Waals surface area (Å²) in [4.78, 5) is 37.5. The zero-order chi connectivity index (χ0) is 20.3. The Morgan fingerprint density at radius 3 is 2.64 bits per heavy atom. The third-order valence-electron chi connectivity index (χ3n) is 4.83. The molecule has 2 aromatic rings. The molecule has 3 rings (SSSR count). The van der Waals surface area contributed by atoms with Gasteiger partial charge in [0.05, 0.1) is 12.6 Å². The molecule has 1 amide bonds. The van der Waals surface area contributed by atoms with E-state index in [1.165, 1.54) is 36.0 Å². The van der Waals surface area contributed by atoms with E-state index in [-0.39, 0.29) is 35.7 Å². The number of Topliss-reactive ketones (excluding diaryl/α,β-unsaturated/α-hetero) is 1. The lowest BCUT2D eigenvalue weighted by Crippen LogP contribution is -2.32. The molecule has 2 atom stereocenters. The maximum atomic E-state index is 13.1. The first-order chi connectivity index (χ1) is 13.4. The number of hydrogen-bond donors (Lipinski definition) is 1. The average molecular weight is 386 g/mol. The van der Waals surface area contributed by atoms with E-state index in [4.69, 9.17) is 4.74 Å². The monoisotopic (exact) mass is 386 g/mol. The van der Waals surface area contributed by atoms with Crippen molar-refractivity contribution in [3.05, 3.63) is 69.4 Å². The first-order valence-corrected chi connectivity index (χ1v) is 9.28. The molecule has 7 heteroatoms. The number of ether oxygens (including phenoxy) is 1. The van der Waals surface area contributed by atoms with Crippen LogP contribution >= 0.6 is 0 Å². The normalized spacial score (nSPS) is 18.0. The summed E-state index contributed by atoms with van der Waals surface area (Å²) in [5.41, 5.74) is 0.406. The molecule has 6 nitrogen and oxygen atoms in total. The molecule has 1 heterocycles. The van der Waals surface area contributed by atoms with Crippen LogP contribution in [-0.4, -0.2) is 36.0 Å². The number of amides is 1. The maximum Gasteiger partial charge on any atom is 0.263 e. The SMILES string of the molecule is CCOC1CC1CC(=O)c1cc(C(=O)NC)c(=O)n(Cc2ccc(F)cc2)c1. The number of rotatable bonds is 8. The third-order valence-corrected chi connectivity index (χ3v) is 4.83. The van der Waals surface area contributed by atoms with E-state index in [1.807, 2.05) is 6.92 Å². The number of aromatic nitrogens is 1. The van der Waals surface area contributed by atoms with Gasteiger partial charge in [-0.1, -0.05) is 12.1 Å². The number of pyridine rings is 1. The minimum absolute atomic E-state index is 0.0902. The van der Waals surface area contributed by atoms with Crippen molar-refractivity contribution in [2.75, 3.05) is 13.7 Å².